The second-order valence-electron chi connectivity index (χ2n) is 4.91. The van der Waals surface area contributed by atoms with Crippen molar-refractivity contribution in [1.82, 2.24) is 0 Å². The number of nitrogens with zero attached hydrogens (tertiary/aromatic N) is 1. The Morgan fingerprint density at radius 1 is 1.25 bits per heavy atom. The fourth-order valence-electron chi connectivity index (χ4n) is 2.29. The van der Waals surface area contributed by atoms with Crippen LogP contribution in [-0.2, 0) is 0 Å². The highest BCUT2D eigenvalue weighted by atomic mass is 19.1. The average molecular weight is 328 g/mol. The molecule has 0 aliphatic heterocycles. The van der Waals surface area contributed by atoms with Crippen molar-refractivity contribution in [2.24, 2.45) is 5.16 Å². The van der Waals surface area contributed by atoms with E-state index in [4.69, 9.17) is 14.4 Å². The minimum atomic E-state index is -0.595. The molecule has 7 heteroatoms. The molecule has 2 aromatic carbocycles. The molecule has 0 saturated carbocycles. The largest absolute Gasteiger partial charge is 0.493 e. The maximum atomic E-state index is 13.2. The number of hydrogen-bond acceptors (Lipinski definition) is 5. The molecule has 0 atom stereocenters. The summed E-state index contributed by atoms with van der Waals surface area (Å²) in [4.78, 5) is 12.4. The molecule has 122 valence electrons. The fourth-order valence-corrected chi connectivity index (χ4v) is 2.29. The second kappa shape index (κ2) is 6.41. The van der Waals surface area contributed by atoms with Gasteiger partial charge < -0.3 is 19.7 Å². The van der Waals surface area contributed by atoms with Crippen molar-refractivity contribution in [2.45, 2.75) is 0 Å². The average Bonchev–Trinajstić information content (AvgIpc) is 2.59. The number of ether oxygens (including phenoxy) is 1. The summed E-state index contributed by atoms with van der Waals surface area (Å²) in [5.74, 6) is -0.635. The van der Waals surface area contributed by atoms with Crippen molar-refractivity contribution >= 4 is 22.6 Å². The summed E-state index contributed by atoms with van der Waals surface area (Å²) in [7, 11) is 1.48. The van der Waals surface area contributed by atoms with Crippen LogP contribution in [0.4, 0.5) is 10.1 Å². The van der Waals surface area contributed by atoms with Gasteiger partial charge in [0.15, 0.2) is 11.3 Å². The number of anilines is 1. The Morgan fingerprint density at radius 2 is 2.04 bits per heavy atom. The van der Waals surface area contributed by atoms with E-state index in [1.165, 1.54) is 37.4 Å². The van der Waals surface area contributed by atoms with E-state index in [1.807, 2.05) is 0 Å². The lowest BCUT2D eigenvalue weighted by Crippen LogP contribution is -2.21. The number of fused-ring (bicyclic) bond motifs is 1. The lowest BCUT2D eigenvalue weighted by atomic mass is 10.1. The van der Waals surface area contributed by atoms with Crippen LogP contribution in [0.1, 0.15) is 10.4 Å². The van der Waals surface area contributed by atoms with Crippen molar-refractivity contribution in [3.05, 3.63) is 65.5 Å². The second-order valence-corrected chi connectivity index (χ2v) is 4.91. The highest BCUT2D eigenvalue weighted by Gasteiger charge is 2.15. The number of carbonyl (C=O) groups is 1. The normalized spacial score (nSPS) is 11.5. The third-order valence-electron chi connectivity index (χ3n) is 3.38. The van der Waals surface area contributed by atoms with Crippen molar-refractivity contribution in [3.8, 4) is 5.75 Å². The number of rotatable bonds is 3. The number of hydrogen-bond donors (Lipinski definition) is 2. The van der Waals surface area contributed by atoms with Gasteiger partial charge in [-0.15, -0.1) is 0 Å². The van der Waals surface area contributed by atoms with Gasteiger partial charge in [0, 0.05) is 11.1 Å². The van der Waals surface area contributed by atoms with Gasteiger partial charge in [-0.1, -0.05) is 18.2 Å². The topological polar surface area (TPSA) is 84.1 Å². The predicted molar refractivity (Wildman–Crippen MR) is 84.5 cm³/mol. The van der Waals surface area contributed by atoms with Gasteiger partial charge in [-0.05, 0) is 35.5 Å². The maximum absolute atomic E-state index is 13.2. The first-order valence-corrected chi connectivity index (χ1v) is 6.98. The number of nitrogens with one attached hydrogen (secondary N) is 1. The summed E-state index contributed by atoms with van der Waals surface area (Å²) in [6.45, 7) is 0. The molecule has 1 heterocycles. The Balaban J connectivity index is 2.07. The summed E-state index contributed by atoms with van der Waals surface area (Å²) in [6.07, 6.45) is 0. The zero-order valence-electron chi connectivity index (χ0n) is 12.6. The molecule has 0 fully saturated rings. The number of carbonyl (C=O) groups excluding carboxylic acids is 1. The number of benzene rings is 2. The molecule has 0 unspecified atom stereocenters. The molecule has 0 aliphatic rings. The molecular weight excluding hydrogens is 315 g/mol. The molecule has 0 bridgehead atoms. The van der Waals surface area contributed by atoms with Gasteiger partial charge in [-0.25, -0.2) is 4.39 Å². The van der Waals surface area contributed by atoms with Crippen molar-refractivity contribution in [1.29, 1.82) is 0 Å². The first kappa shape index (κ1) is 15.5. The monoisotopic (exact) mass is 328 g/mol. The van der Waals surface area contributed by atoms with Crippen LogP contribution < -0.4 is 15.6 Å². The van der Waals surface area contributed by atoms with Gasteiger partial charge in [-0.2, -0.15) is 0 Å². The molecule has 1 amide bonds. The molecule has 3 rings (SSSR count). The van der Waals surface area contributed by atoms with E-state index in [0.29, 0.717) is 16.7 Å². The Bertz CT molecular complexity index is 982. The summed E-state index contributed by atoms with van der Waals surface area (Å²) in [6, 6.07) is 12.1. The zero-order valence-corrected chi connectivity index (χ0v) is 12.6. The van der Waals surface area contributed by atoms with Gasteiger partial charge in [0.25, 0.3) is 11.5 Å². The van der Waals surface area contributed by atoms with Crippen LogP contribution >= 0.6 is 0 Å². The van der Waals surface area contributed by atoms with Crippen LogP contribution in [0.15, 0.2) is 58.1 Å². The van der Waals surface area contributed by atoms with E-state index in [2.05, 4.69) is 10.5 Å². The Kier molecular flexibility index (Phi) is 4.15. The smallest absolute Gasteiger partial charge is 0.268 e. The van der Waals surface area contributed by atoms with Gasteiger partial charge in [0.05, 0.1) is 7.11 Å². The van der Waals surface area contributed by atoms with Crippen molar-refractivity contribution in [2.75, 3.05) is 12.4 Å². The molecule has 0 spiro atoms. The summed E-state index contributed by atoms with van der Waals surface area (Å²) in [5.41, 5.74) is 0.341. The maximum Gasteiger partial charge on any atom is 0.268 e. The Hall–Kier alpha value is -3.35. The van der Waals surface area contributed by atoms with Crippen LogP contribution in [0.5, 0.6) is 5.75 Å². The molecule has 6 nitrogen and oxygen atoms in total. The molecule has 2 N–H and O–H groups in total. The number of halogens is 1. The van der Waals surface area contributed by atoms with Crippen molar-refractivity contribution < 1.29 is 23.5 Å². The standard InChI is InChI=1S/C17H13FN2O4/c1-23-14-7-2-4-10-8-13(17(20-22)24-15(10)14)16(21)19-12-6-3-5-11(18)9-12/h2-9,22H,1H3,(H,19,21)/b20-17+. The van der Waals surface area contributed by atoms with Crippen molar-refractivity contribution in [3.63, 3.8) is 0 Å². The Morgan fingerprint density at radius 3 is 2.75 bits per heavy atom. The summed E-state index contributed by atoms with van der Waals surface area (Å²) < 4.78 is 23.9. The first-order valence-electron chi connectivity index (χ1n) is 6.98. The molecule has 3 aromatic rings. The number of methoxy groups -OCH3 is 1. The molecule has 24 heavy (non-hydrogen) atoms. The predicted octanol–water partition coefficient (Wildman–Crippen LogP) is 3.12. The van der Waals surface area contributed by atoms with Gasteiger partial charge >= 0.3 is 0 Å². The summed E-state index contributed by atoms with van der Waals surface area (Å²) in [5, 5.41) is 15.3. The van der Waals surface area contributed by atoms with Gasteiger partial charge in [0.2, 0.25) is 0 Å². The zero-order chi connectivity index (χ0) is 17.1. The third-order valence-corrected chi connectivity index (χ3v) is 3.38. The van der Waals surface area contributed by atoms with E-state index in [9.17, 15) is 9.18 Å². The summed E-state index contributed by atoms with van der Waals surface area (Å²) >= 11 is 0. The van der Waals surface area contributed by atoms with Crippen LogP contribution in [0.25, 0.3) is 11.0 Å². The lowest BCUT2D eigenvalue weighted by Gasteiger charge is -2.08. The van der Waals surface area contributed by atoms with Gasteiger partial charge in [0.1, 0.15) is 11.4 Å². The molecular formula is C17H13FN2O4. The third kappa shape index (κ3) is 2.91. The molecule has 0 radical (unpaired) electrons. The van der Waals surface area contributed by atoms with E-state index in [1.54, 1.807) is 18.2 Å². The molecule has 1 aromatic heterocycles. The molecule has 0 aliphatic carbocycles. The van der Waals surface area contributed by atoms with Gasteiger partial charge in [-0.3, -0.25) is 4.79 Å². The van der Waals surface area contributed by atoms with E-state index >= 15 is 0 Å². The van der Waals surface area contributed by atoms with E-state index in [0.717, 1.165) is 0 Å². The van der Waals surface area contributed by atoms with Crippen LogP contribution in [0.2, 0.25) is 0 Å². The lowest BCUT2D eigenvalue weighted by molar-refractivity contribution is 0.102. The highest BCUT2D eigenvalue weighted by Crippen LogP contribution is 2.24. The Labute approximate surface area is 135 Å². The van der Waals surface area contributed by atoms with E-state index in [-0.39, 0.29) is 16.8 Å². The van der Waals surface area contributed by atoms with Crippen LogP contribution in [-0.4, -0.2) is 18.2 Å². The first-order chi connectivity index (χ1) is 11.6. The highest BCUT2D eigenvalue weighted by molar-refractivity contribution is 6.05. The number of para-hydroxylation sites is 1. The SMILES string of the molecule is COc1cccc2cc(C(=O)Nc3cccc(F)c3)/c(=N\O)oc12. The minimum absolute atomic E-state index is 0.00233. The van der Waals surface area contributed by atoms with E-state index < -0.39 is 11.7 Å². The van der Waals surface area contributed by atoms with Crippen LogP contribution in [0.3, 0.4) is 0 Å². The fraction of sp³-hybridized carbons (Fsp3) is 0.0588. The number of amides is 1. The minimum Gasteiger partial charge on any atom is -0.493 e. The molecule has 0 saturated heterocycles. The quantitative estimate of drug-likeness (QED) is 0.571. The van der Waals surface area contributed by atoms with Crippen LogP contribution in [0, 0.1) is 5.82 Å².